The van der Waals surface area contributed by atoms with Crippen LogP contribution >= 0.6 is 24.0 Å². The van der Waals surface area contributed by atoms with Gasteiger partial charge in [-0.3, -0.25) is 4.98 Å². The molecule has 1 aromatic carbocycles. The number of nitrogens with zero attached hydrogens (tertiary/aromatic N) is 1. The van der Waals surface area contributed by atoms with Crippen LogP contribution in [0.25, 0.3) is 11.3 Å². The van der Waals surface area contributed by atoms with Gasteiger partial charge in [-0.25, -0.2) is 4.39 Å². The first-order valence-electron chi connectivity index (χ1n) is 6.62. The van der Waals surface area contributed by atoms with Gasteiger partial charge in [-0.2, -0.15) is 0 Å². The molecule has 0 fully saturated rings. The lowest BCUT2D eigenvalue weighted by Gasteiger charge is -2.09. The fourth-order valence-electron chi connectivity index (χ4n) is 1.88. The first kappa shape index (κ1) is 17.7. The van der Waals surface area contributed by atoms with E-state index in [0.717, 1.165) is 35.5 Å². The number of rotatable bonds is 6. The van der Waals surface area contributed by atoms with Crippen molar-refractivity contribution in [1.82, 2.24) is 4.98 Å². The van der Waals surface area contributed by atoms with Crippen molar-refractivity contribution >= 4 is 24.0 Å². The van der Waals surface area contributed by atoms with Crippen LogP contribution in [0.5, 0.6) is 5.75 Å². The Bertz CT molecular complexity index is 561. The molecule has 1 heterocycles. The number of unbranched alkanes of at least 4 members (excludes halogenated alkanes) is 1. The van der Waals surface area contributed by atoms with Crippen LogP contribution in [0.3, 0.4) is 0 Å². The second-order valence-corrected chi connectivity index (χ2v) is 4.96. The summed E-state index contributed by atoms with van der Waals surface area (Å²) < 4.78 is 18.6. The minimum atomic E-state index is -0.251. The molecule has 0 amide bonds. The zero-order chi connectivity index (χ0) is 14.4. The standard InChI is InChI=1S/C16H17ClFNO.ClH/c1-12-10-15(20-9-3-2-8-17)11-16(19-12)13-4-6-14(18)7-5-13;/h4-7,10-11H,2-3,8-9H2,1H3;1H. The van der Waals surface area contributed by atoms with Crippen molar-refractivity contribution < 1.29 is 9.13 Å². The summed E-state index contributed by atoms with van der Waals surface area (Å²) >= 11 is 5.63. The molecule has 0 radical (unpaired) electrons. The molecule has 5 heteroatoms. The van der Waals surface area contributed by atoms with Crippen LogP contribution in [0.1, 0.15) is 18.5 Å². The highest BCUT2D eigenvalue weighted by Crippen LogP contribution is 2.23. The number of hydrogen-bond acceptors (Lipinski definition) is 2. The van der Waals surface area contributed by atoms with Crippen LogP contribution in [-0.2, 0) is 0 Å². The third-order valence-corrected chi connectivity index (χ3v) is 3.13. The molecule has 0 unspecified atom stereocenters. The minimum absolute atomic E-state index is 0. The smallest absolute Gasteiger partial charge is 0.123 e. The van der Waals surface area contributed by atoms with Crippen LogP contribution in [0.15, 0.2) is 36.4 Å². The van der Waals surface area contributed by atoms with E-state index in [2.05, 4.69) is 4.98 Å². The quantitative estimate of drug-likeness (QED) is 0.548. The van der Waals surface area contributed by atoms with Crippen molar-refractivity contribution in [2.45, 2.75) is 19.8 Å². The maximum absolute atomic E-state index is 12.9. The topological polar surface area (TPSA) is 22.1 Å². The molecule has 114 valence electrons. The maximum Gasteiger partial charge on any atom is 0.123 e. The fourth-order valence-corrected chi connectivity index (χ4v) is 2.06. The number of halogens is 3. The molecule has 0 aliphatic rings. The third-order valence-electron chi connectivity index (χ3n) is 2.86. The van der Waals surface area contributed by atoms with Crippen LogP contribution in [0.2, 0.25) is 0 Å². The van der Waals surface area contributed by atoms with Gasteiger partial charge in [-0.1, -0.05) is 0 Å². The monoisotopic (exact) mass is 329 g/mol. The van der Waals surface area contributed by atoms with Gasteiger partial charge < -0.3 is 4.74 Å². The predicted molar refractivity (Wildman–Crippen MR) is 87.1 cm³/mol. The molecular weight excluding hydrogens is 312 g/mol. The van der Waals surface area contributed by atoms with Crippen molar-refractivity contribution in [3.8, 4) is 17.0 Å². The van der Waals surface area contributed by atoms with E-state index < -0.39 is 0 Å². The normalized spacial score (nSPS) is 10.0. The number of benzene rings is 1. The molecule has 2 nitrogen and oxygen atoms in total. The first-order valence-corrected chi connectivity index (χ1v) is 7.16. The highest BCUT2D eigenvalue weighted by molar-refractivity contribution is 6.17. The first-order chi connectivity index (χ1) is 9.69. The van der Waals surface area contributed by atoms with Gasteiger partial charge in [0.1, 0.15) is 11.6 Å². The predicted octanol–water partition coefficient (Wildman–Crippen LogP) is 5.02. The average Bonchev–Trinajstić information content (AvgIpc) is 2.44. The summed E-state index contributed by atoms with van der Waals surface area (Å²) in [6, 6.07) is 10.1. The Morgan fingerprint density at radius 2 is 1.86 bits per heavy atom. The summed E-state index contributed by atoms with van der Waals surface area (Å²) in [5.41, 5.74) is 2.54. The Morgan fingerprint density at radius 1 is 1.14 bits per heavy atom. The zero-order valence-electron chi connectivity index (χ0n) is 11.8. The van der Waals surface area contributed by atoms with Crippen molar-refractivity contribution in [3.05, 3.63) is 47.9 Å². The van der Waals surface area contributed by atoms with Crippen LogP contribution in [0.4, 0.5) is 4.39 Å². The number of pyridine rings is 1. The molecule has 0 saturated carbocycles. The SMILES string of the molecule is Cc1cc(OCCCCCl)cc(-c2ccc(F)cc2)n1.Cl. The lowest BCUT2D eigenvalue weighted by atomic mass is 10.1. The molecule has 0 atom stereocenters. The molecule has 0 spiro atoms. The van der Waals surface area contributed by atoms with E-state index in [1.54, 1.807) is 12.1 Å². The Balaban J connectivity index is 0.00000220. The molecule has 0 aliphatic carbocycles. The van der Waals surface area contributed by atoms with E-state index in [1.165, 1.54) is 12.1 Å². The lowest BCUT2D eigenvalue weighted by Crippen LogP contribution is -1.99. The molecule has 0 aliphatic heterocycles. The van der Waals surface area contributed by atoms with Gasteiger partial charge >= 0.3 is 0 Å². The van der Waals surface area contributed by atoms with Crippen molar-refractivity contribution in [2.24, 2.45) is 0 Å². The van der Waals surface area contributed by atoms with Crippen LogP contribution < -0.4 is 4.74 Å². The highest BCUT2D eigenvalue weighted by atomic mass is 35.5. The van der Waals surface area contributed by atoms with Gasteiger partial charge in [0.2, 0.25) is 0 Å². The maximum atomic E-state index is 12.9. The Labute approximate surface area is 135 Å². The van der Waals surface area contributed by atoms with Crippen molar-refractivity contribution in [3.63, 3.8) is 0 Å². The van der Waals surface area contributed by atoms with Gasteiger partial charge in [-0.05, 0) is 44.0 Å². The average molecular weight is 330 g/mol. The molecule has 0 saturated heterocycles. The Kier molecular flexibility index (Phi) is 7.48. The summed E-state index contributed by atoms with van der Waals surface area (Å²) in [5.74, 6) is 1.19. The summed E-state index contributed by atoms with van der Waals surface area (Å²) in [6.07, 6.45) is 1.87. The van der Waals surface area contributed by atoms with Gasteiger partial charge in [-0.15, -0.1) is 24.0 Å². The summed E-state index contributed by atoms with van der Waals surface area (Å²) in [4.78, 5) is 4.45. The number of hydrogen-bond donors (Lipinski definition) is 0. The molecule has 1 aromatic heterocycles. The van der Waals surface area contributed by atoms with Crippen LogP contribution in [0, 0.1) is 12.7 Å². The van der Waals surface area contributed by atoms with Crippen molar-refractivity contribution in [2.75, 3.05) is 12.5 Å². The number of aromatic nitrogens is 1. The second kappa shape index (κ2) is 8.85. The van der Waals surface area contributed by atoms with Gasteiger partial charge in [0.15, 0.2) is 0 Å². The van der Waals surface area contributed by atoms with Crippen molar-refractivity contribution in [1.29, 1.82) is 0 Å². The van der Waals surface area contributed by atoms with E-state index >= 15 is 0 Å². The number of aryl methyl sites for hydroxylation is 1. The van der Waals surface area contributed by atoms with Gasteiger partial charge in [0.05, 0.1) is 12.3 Å². The molecule has 2 rings (SSSR count). The molecule has 21 heavy (non-hydrogen) atoms. The van der Waals surface area contributed by atoms with Gasteiger partial charge in [0.25, 0.3) is 0 Å². The largest absolute Gasteiger partial charge is 0.493 e. The Morgan fingerprint density at radius 3 is 2.52 bits per heavy atom. The summed E-state index contributed by atoms with van der Waals surface area (Å²) in [7, 11) is 0. The zero-order valence-corrected chi connectivity index (χ0v) is 13.4. The minimum Gasteiger partial charge on any atom is -0.493 e. The highest BCUT2D eigenvalue weighted by Gasteiger charge is 2.04. The molecule has 2 aromatic rings. The fraction of sp³-hybridized carbons (Fsp3) is 0.312. The number of ether oxygens (including phenoxy) is 1. The Hall–Kier alpha value is -1.32. The van der Waals surface area contributed by atoms with E-state index in [0.29, 0.717) is 12.5 Å². The van der Waals surface area contributed by atoms with E-state index in [9.17, 15) is 4.39 Å². The van der Waals surface area contributed by atoms with E-state index in [4.69, 9.17) is 16.3 Å². The van der Waals surface area contributed by atoms with Crippen LogP contribution in [-0.4, -0.2) is 17.5 Å². The number of alkyl halides is 1. The molecular formula is C16H18Cl2FNO. The molecule has 0 bridgehead atoms. The lowest BCUT2D eigenvalue weighted by molar-refractivity contribution is 0.309. The van der Waals surface area contributed by atoms with E-state index in [-0.39, 0.29) is 18.2 Å². The summed E-state index contributed by atoms with van der Waals surface area (Å²) in [6.45, 7) is 2.55. The molecule has 0 N–H and O–H groups in total. The second-order valence-electron chi connectivity index (χ2n) is 4.58. The van der Waals surface area contributed by atoms with E-state index in [1.807, 2.05) is 19.1 Å². The van der Waals surface area contributed by atoms with Gasteiger partial charge in [0, 0.05) is 29.3 Å². The third kappa shape index (κ3) is 5.52. The summed E-state index contributed by atoms with van der Waals surface area (Å²) in [5, 5.41) is 0.